The molecule has 4 saturated carbocycles. The fraction of sp³-hybridized carbons (Fsp3) is 1.00. The van der Waals surface area contributed by atoms with Gasteiger partial charge in [0.25, 0.3) is 0 Å². The van der Waals surface area contributed by atoms with Crippen molar-refractivity contribution in [2.24, 2.45) is 47.3 Å². The van der Waals surface area contributed by atoms with Crippen LogP contribution in [0.4, 0.5) is 0 Å². The van der Waals surface area contributed by atoms with E-state index < -0.39 is 0 Å². The Morgan fingerprint density at radius 2 is 0.571 bits per heavy atom. The molecule has 5 saturated heterocycles. The fourth-order valence-electron chi connectivity index (χ4n) is 12.2. The van der Waals surface area contributed by atoms with E-state index in [0.717, 1.165) is 51.8 Å². The topological polar surface area (TPSA) is 128 Å². The van der Waals surface area contributed by atoms with Crippen LogP contribution in [0.15, 0.2) is 0 Å². The molecule has 10 N–H and O–H groups in total. The molecule has 235 valence electrons. The van der Waals surface area contributed by atoms with Gasteiger partial charge in [-0.05, 0) is 0 Å². The van der Waals surface area contributed by atoms with Gasteiger partial charge in [-0.15, -0.1) is 0 Å². The van der Waals surface area contributed by atoms with Crippen LogP contribution in [0.2, 0.25) is 4.47 Å². The van der Waals surface area contributed by atoms with Crippen molar-refractivity contribution in [2.75, 3.05) is 0 Å². The van der Waals surface area contributed by atoms with E-state index in [4.69, 9.17) is 0 Å². The van der Waals surface area contributed by atoms with Gasteiger partial charge in [-0.1, -0.05) is 6.42 Å². The van der Waals surface area contributed by atoms with E-state index in [-0.39, 0.29) is 5.48 Å². The molecule has 9 rings (SSSR count). The van der Waals surface area contributed by atoms with Crippen LogP contribution in [0, 0.1) is 47.3 Å². The average molecular weight is 641 g/mol. The molecule has 9 aliphatic rings. The number of nitrogens with one attached hydrogen (secondary N) is 8. The summed E-state index contributed by atoms with van der Waals surface area (Å²) in [6, 6.07) is 0. The van der Waals surface area contributed by atoms with Gasteiger partial charge in [0.2, 0.25) is 0 Å². The summed E-state index contributed by atoms with van der Waals surface area (Å²) in [4.78, 5) is 0. The van der Waals surface area contributed by atoms with Gasteiger partial charge in [-0.2, -0.15) is 0 Å². The van der Waals surface area contributed by atoms with E-state index in [1.807, 2.05) is 0 Å². The van der Waals surface area contributed by atoms with Gasteiger partial charge in [0, 0.05) is 0 Å². The summed E-state index contributed by atoms with van der Waals surface area (Å²) in [5.41, 5.74) is 0. The number of fused-ring (bicyclic) bond motifs is 20. The maximum atomic E-state index is 4.31. The Morgan fingerprint density at radius 1 is 0.310 bits per heavy atom. The van der Waals surface area contributed by atoms with Gasteiger partial charge in [0.05, 0.1) is 0 Å². The first-order valence-corrected chi connectivity index (χ1v) is 19.8. The Balaban J connectivity index is 0.00000267. The van der Waals surface area contributed by atoms with Gasteiger partial charge >= 0.3 is 252 Å². The van der Waals surface area contributed by atoms with Gasteiger partial charge in [-0.3, -0.25) is 0 Å². The molecule has 0 spiro atoms. The molecule has 4 aliphatic carbocycles. The van der Waals surface area contributed by atoms with Crippen LogP contribution in [0.1, 0.15) is 96.3 Å². The molecule has 0 aromatic carbocycles. The van der Waals surface area contributed by atoms with Crippen molar-refractivity contribution in [1.29, 1.82) is 0 Å². The van der Waals surface area contributed by atoms with Gasteiger partial charge in [0.15, 0.2) is 0 Å². The quantitative estimate of drug-likeness (QED) is 0.185. The van der Waals surface area contributed by atoms with E-state index in [9.17, 15) is 0 Å². The molecule has 5 heterocycles. The zero-order chi connectivity index (χ0) is 27.1. The van der Waals surface area contributed by atoms with E-state index in [1.165, 1.54) is 115 Å². The molecular formula is C32H58GaN8O. The third-order valence-electron chi connectivity index (χ3n) is 14.0. The van der Waals surface area contributed by atoms with Gasteiger partial charge in [0.1, 0.15) is 0 Å². The van der Waals surface area contributed by atoms with Crippen LogP contribution in [0.25, 0.3) is 0 Å². The van der Waals surface area contributed by atoms with Crippen LogP contribution >= 0.6 is 0 Å². The summed E-state index contributed by atoms with van der Waals surface area (Å²) >= 11 is 1.44. The number of hydrogen-bond acceptors (Lipinski definition) is 8. The third kappa shape index (κ3) is 5.02. The molecule has 9 fully saturated rings. The molecule has 0 amide bonds. The Kier molecular flexibility index (Phi) is 8.57. The standard InChI is InChI=1S/C32H55N8.Ga.H2O.H/c1-2-10-18-17(9-1)25-33-26(18)38-28-21-13-5-6-14-22(21)30(35-28)40-32-24-16-8-7-15-23(24)31(36-32)39-29-20-12-4-3-11-19(20)27(34-29)37-25;;;/h9,17-40H,1-8,10-16H2;;1H2;. The zero-order valence-corrected chi connectivity index (χ0v) is 28.6. The third-order valence-corrected chi connectivity index (χ3v) is 16.0. The second-order valence-electron chi connectivity index (χ2n) is 15.9. The SMILES string of the molecule is O.[GaH][CH]1CCCC2C3NC4NC(NC5NC(NC6NC(NC(N3)C12)C1CCCCC61)C1CCCCC51)C1CCCCC41. The molecule has 0 aromatic heterocycles. The van der Waals surface area contributed by atoms with Crippen LogP contribution in [0.3, 0.4) is 0 Å². The minimum atomic E-state index is 0. The molecule has 8 bridgehead atoms. The summed E-state index contributed by atoms with van der Waals surface area (Å²) in [6.07, 6.45) is 24.3. The van der Waals surface area contributed by atoms with Crippen molar-refractivity contribution in [3.05, 3.63) is 0 Å². The van der Waals surface area contributed by atoms with Crippen molar-refractivity contribution in [1.82, 2.24) is 42.5 Å². The maximum absolute atomic E-state index is 4.31. The van der Waals surface area contributed by atoms with Crippen molar-refractivity contribution >= 4 is 18.6 Å². The minimum absolute atomic E-state index is 0. The molecule has 42 heavy (non-hydrogen) atoms. The molecule has 17 atom stereocenters. The van der Waals surface area contributed by atoms with Crippen molar-refractivity contribution < 1.29 is 5.48 Å². The zero-order valence-electron chi connectivity index (χ0n) is 25.6. The summed E-state index contributed by atoms with van der Waals surface area (Å²) in [7, 11) is 0. The second kappa shape index (κ2) is 12.1. The van der Waals surface area contributed by atoms with E-state index in [2.05, 4.69) is 42.5 Å². The molecule has 9 nitrogen and oxygen atoms in total. The molecule has 1 radical (unpaired) electrons. The van der Waals surface area contributed by atoms with Crippen molar-refractivity contribution in [2.45, 2.75) is 150 Å². The number of rotatable bonds is 0. The van der Waals surface area contributed by atoms with Crippen molar-refractivity contribution in [3.63, 3.8) is 0 Å². The molecule has 17 unspecified atom stereocenters. The number of hydrogen-bond donors (Lipinski definition) is 8. The predicted octanol–water partition coefficient (Wildman–Crippen LogP) is 1.08. The van der Waals surface area contributed by atoms with Crippen LogP contribution < -0.4 is 42.5 Å². The van der Waals surface area contributed by atoms with Crippen LogP contribution in [0.5, 0.6) is 0 Å². The first-order chi connectivity index (χ1) is 20.2. The monoisotopic (exact) mass is 639 g/mol. The Morgan fingerprint density at radius 3 is 0.905 bits per heavy atom. The van der Waals surface area contributed by atoms with Gasteiger partial charge < -0.3 is 5.48 Å². The van der Waals surface area contributed by atoms with Gasteiger partial charge in [-0.25, -0.2) is 0 Å². The summed E-state index contributed by atoms with van der Waals surface area (Å²) in [6.45, 7) is 0. The Bertz CT molecular complexity index is 959. The van der Waals surface area contributed by atoms with Crippen molar-refractivity contribution in [3.8, 4) is 0 Å². The average Bonchev–Trinajstić information content (AvgIpc) is 3.73. The summed E-state index contributed by atoms with van der Waals surface area (Å²) in [5, 5.41) is 34.0. The molecule has 5 aliphatic heterocycles. The van der Waals surface area contributed by atoms with Crippen LogP contribution in [-0.2, 0) is 0 Å². The van der Waals surface area contributed by atoms with Crippen LogP contribution in [-0.4, -0.2) is 73.4 Å². The first-order valence-electron chi connectivity index (χ1n) is 18.1. The predicted molar refractivity (Wildman–Crippen MR) is 167 cm³/mol. The normalized spacial score (nSPS) is 56.9. The second-order valence-corrected chi connectivity index (χ2v) is 18.1. The fourth-order valence-corrected chi connectivity index (χ4v) is 14.1. The molecular weight excluding hydrogens is 582 g/mol. The van der Waals surface area contributed by atoms with E-state index >= 15 is 0 Å². The van der Waals surface area contributed by atoms with E-state index in [0.29, 0.717) is 49.3 Å². The molecule has 0 aromatic rings. The Hall–Kier alpha value is 0.276. The van der Waals surface area contributed by atoms with E-state index in [1.54, 1.807) is 0 Å². The summed E-state index contributed by atoms with van der Waals surface area (Å²) < 4.78 is 0.904. The Labute approximate surface area is 263 Å². The first kappa shape index (κ1) is 29.7. The summed E-state index contributed by atoms with van der Waals surface area (Å²) in [5.74, 6) is 6.01. The molecule has 10 heteroatoms.